The van der Waals surface area contributed by atoms with E-state index >= 15 is 0 Å². The van der Waals surface area contributed by atoms with Crippen LogP contribution in [0.25, 0.3) is 0 Å². The number of fused-ring (bicyclic) bond motifs is 1. The molecule has 2 aromatic rings. The summed E-state index contributed by atoms with van der Waals surface area (Å²) in [6.07, 6.45) is 2.01. The molecule has 2 atom stereocenters. The molecule has 0 saturated carbocycles. The lowest BCUT2D eigenvalue weighted by Crippen LogP contribution is -2.46. The number of carbonyl (C=O) groups is 2. The molecule has 4 rings (SSSR count). The fourth-order valence-electron chi connectivity index (χ4n) is 3.94. The molecule has 2 aliphatic heterocycles. The van der Waals surface area contributed by atoms with Crippen molar-refractivity contribution in [1.82, 2.24) is 14.7 Å². The van der Waals surface area contributed by atoms with Crippen molar-refractivity contribution in [3.05, 3.63) is 46.5 Å². The lowest BCUT2D eigenvalue weighted by molar-refractivity contribution is -0.134. The number of halogens is 2. The van der Waals surface area contributed by atoms with Crippen LogP contribution in [0.5, 0.6) is 0 Å². The summed E-state index contributed by atoms with van der Waals surface area (Å²) >= 11 is 5.84. The molecule has 29 heavy (non-hydrogen) atoms. The van der Waals surface area contributed by atoms with Crippen LogP contribution in [0.15, 0.2) is 24.4 Å². The minimum absolute atomic E-state index is 0.00241. The summed E-state index contributed by atoms with van der Waals surface area (Å²) in [4.78, 5) is 28.8. The number of amides is 2. The van der Waals surface area contributed by atoms with E-state index in [1.807, 2.05) is 11.6 Å². The summed E-state index contributed by atoms with van der Waals surface area (Å²) in [5.74, 6) is -0.599. The first-order valence-corrected chi connectivity index (χ1v) is 9.86. The van der Waals surface area contributed by atoms with Gasteiger partial charge in [0.15, 0.2) is 0 Å². The van der Waals surface area contributed by atoms with Crippen molar-refractivity contribution in [3.63, 3.8) is 0 Å². The molecular formula is C20H22ClFN4O3. The van der Waals surface area contributed by atoms with Crippen molar-refractivity contribution in [2.75, 3.05) is 18.6 Å². The summed E-state index contributed by atoms with van der Waals surface area (Å²) in [5.41, 5.74) is 2.22. The SMILES string of the molecule is COC1CC(=O)N(c2cnn3c2CN(C(=O)Cc2ccc(F)c(Cl)c2)[C@@H](C)C3)C1. The van der Waals surface area contributed by atoms with Crippen LogP contribution in [-0.2, 0) is 33.8 Å². The van der Waals surface area contributed by atoms with E-state index in [1.165, 1.54) is 12.1 Å². The number of ether oxygens (including phenoxy) is 1. The van der Waals surface area contributed by atoms with Crippen molar-refractivity contribution in [2.45, 2.75) is 45.0 Å². The quantitative estimate of drug-likeness (QED) is 0.761. The molecule has 3 heterocycles. The molecule has 154 valence electrons. The van der Waals surface area contributed by atoms with Gasteiger partial charge in [0.25, 0.3) is 0 Å². The molecule has 0 spiro atoms. The van der Waals surface area contributed by atoms with Crippen LogP contribution >= 0.6 is 11.6 Å². The van der Waals surface area contributed by atoms with Gasteiger partial charge in [0, 0.05) is 13.2 Å². The maximum atomic E-state index is 13.4. The number of anilines is 1. The topological polar surface area (TPSA) is 67.7 Å². The van der Waals surface area contributed by atoms with Gasteiger partial charge in [-0.05, 0) is 24.6 Å². The van der Waals surface area contributed by atoms with E-state index in [0.717, 1.165) is 11.4 Å². The molecular weight excluding hydrogens is 399 g/mol. The van der Waals surface area contributed by atoms with Gasteiger partial charge in [-0.1, -0.05) is 17.7 Å². The van der Waals surface area contributed by atoms with Gasteiger partial charge in [0.2, 0.25) is 11.8 Å². The van der Waals surface area contributed by atoms with E-state index < -0.39 is 5.82 Å². The highest BCUT2D eigenvalue weighted by atomic mass is 35.5. The molecule has 9 heteroatoms. The molecule has 2 amide bonds. The Kier molecular flexibility index (Phi) is 5.31. The van der Waals surface area contributed by atoms with Gasteiger partial charge in [0.05, 0.1) is 61.2 Å². The predicted molar refractivity (Wildman–Crippen MR) is 105 cm³/mol. The average molecular weight is 421 g/mol. The Morgan fingerprint density at radius 2 is 2.17 bits per heavy atom. The fraction of sp³-hybridized carbons (Fsp3) is 0.450. The number of aromatic nitrogens is 2. The van der Waals surface area contributed by atoms with E-state index in [-0.39, 0.29) is 35.4 Å². The molecule has 1 fully saturated rings. The first-order valence-electron chi connectivity index (χ1n) is 9.48. The van der Waals surface area contributed by atoms with Gasteiger partial charge in [-0.15, -0.1) is 0 Å². The van der Waals surface area contributed by atoms with Crippen LogP contribution in [0.2, 0.25) is 5.02 Å². The number of methoxy groups -OCH3 is 1. The van der Waals surface area contributed by atoms with Crippen LogP contribution < -0.4 is 4.90 Å². The molecule has 7 nitrogen and oxygen atoms in total. The lowest BCUT2D eigenvalue weighted by atomic mass is 10.1. The molecule has 0 N–H and O–H groups in total. The Morgan fingerprint density at radius 3 is 2.86 bits per heavy atom. The van der Waals surface area contributed by atoms with E-state index in [9.17, 15) is 14.0 Å². The highest BCUT2D eigenvalue weighted by molar-refractivity contribution is 6.30. The molecule has 0 bridgehead atoms. The third-order valence-electron chi connectivity index (χ3n) is 5.59. The minimum atomic E-state index is -0.507. The highest BCUT2D eigenvalue weighted by Crippen LogP contribution is 2.31. The zero-order chi connectivity index (χ0) is 20.7. The van der Waals surface area contributed by atoms with E-state index in [2.05, 4.69) is 5.10 Å². The van der Waals surface area contributed by atoms with Gasteiger partial charge in [-0.25, -0.2) is 4.39 Å². The molecule has 0 aliphatic carbocycles. The molecule has 0 radical (unpaired) electrons. The first kappa shape index (κ1) is 19.8. The Labute approximate surface area is 173 Å². The van der Waals surface area contributed by atoms with E-state index in [0.29, 0.717) is 31.6 Å². The monoisotopic (exact) mass is 420 g/mol. The van der Waals surface area contributed by atoms with E-state index in [1.54, 1.807) is 29.2 Å². The van der Waals surface area contributed by atoms with Crippen LogP contribution in [0.1, 0.15) is 24.6 Å². The molecule has 2 aliphatic rings. The second-order valence-electron chi connectivity index (χ2n) is 7.52. The van der Waals surface area contributed by atoms with E-state index in [4.69, 9.17) is 16.3 Å². The zero-order valence-electron chi connectivity index (χ0n) is 16.3. The number of rotatable bonds is 4. The summed E-state index contributed by atoms with van der Waals surface area (Å²) < 4.78 is 20.6. The third kappa shape index (κ3) is 3.74. The number of benzene rings is 1. The van der Waals surface area contributed by atoms with Crippen molar-refractivity contribution in [1.29, 1.82) is 0 Å². The predicted octanol–water partition coefficient (Wildman–Crippen LogP) is 2.40. The zero-order valence-corrected chi connectivity index (χ0v) is 17.0. The van der Waals surface area contributed by atoms with Crippen molar-refractivity contribution >= 4 is 29.1 Å². The standard InChI is InChI=1S/C20H22ClFN4O3/c1-12-9-26-18(17(8-23-26)25-10-14(29-2)7-20(25)28)11-24(12)19(27)6-13-3-4-16(22)15(21)5-13/h3-5,8,12,14H,6-7,9-11H2,1-2H3/t12-,14?/m0/s1. The maximum Gasteiger partial charge on any atom is 0.229 e. The number of hydrogen-bond donors (Lipinski definition) is 0. The lowest BCUT2D eigenvalue weighted by Gasteiger charge is -2.35. The summed E-state index contributed by atoms with van der Waals surface area (Å²) in [7, 11) is 1.60. The maximum absolute atomic E-state index is 13.4. The number of carbonyl (C=O) groups excluding carboxylic acids is 2. The average Bonchev–Trinajstić information content (AvgIpc) is 3.26. The molecule has 1 aromatic heterocycles. The largest absolute Gasteiger partial charge is 0.379 e. The van der Waals surface area contributed by atoms with Gasteiger partial charge < -0.3 is 14.5 Å². The van der Waals surface area contributed by atoms with Gasteiger partial charge in [0.1, 0.15) is 5.82 Å². The van der Waals surface area contributed by atoms with Gasteiger partial charge in [-0.3, -0.25) is 14.3 Å². The normalized spacial score (nSPS) is 21.6. The van der Waals surface area contributed by atoms with Crippen LogP contribution in [0.3, 0.4) is 0 Å². The van der Waals surface area contributed by atoms with Crippen LogP contribution in [0, 0.1) is 5.82 Å². The van der Waals surface area contributed by atoms with Gasteiger partial charge >= 0.3 is 0 Å². The van der Waals surface area contributed by atoms with Gasteiger partial charge in [-0.2, -0.15) is 5.10 Å². The third-order valence-corrected chi connectivity index (χ3v) is 5.88. The number of nitrogens with zero attached hydrogens (tertiary/aromatic N) is 4. The fourth-order valence-corrected chi connectivity index (χ4v) is 4.14. The Morgan fingerprint density at radius 1 is 1.38 bits per heavy atom. The first-order chi connectivity index (χ1) is 13.9. The smallest absolute Gasteiger partial charge is 0.229 e. The highest BCUT2D eigenvalue weighted by Gasteiger charge is 2.36. The summed E-state index contributed by atoms with van der Waals surface area (Å²) in [5, 5.41) is 4.42. The number of hydrogen-bond acceptors (Lipinski definition) is 4. The van der Waals surface area contributed by atoms with Crippen LogP contribution in [0.4, 0.5) is 10.1 Å². The van der Waals surface area contributed by atoms with Crippen LogP contribution in [-0.4, -0.2) is 52.3 Å². The Hall–Kier alpha value is -2.45. The summed E-state index contributed by atoms with van der Waals surface area (Å²) in [6.45, 7) is 3.33. The second-order valence-corrected chi connectivity index (χ2v) is 7.93. The molecule has 1 aromatic carbocycles. The summed E-state index contributed by atoms with van der Waals surface area (Å²) in [6, 6.07) is 4.26. The second kappa shape index (κ2) is 7.76. The minimum Gasteiger partial charge on any atom is -0.379 e. The Balaban J connectivity index is 1.54. The van der Waals surface area contributed by atoms with Crippen molar-refractivity contribution in [3.8, 4) is 0 Å². The van der Waals surface area contributed by atoms with Crippen molar-refractivity contribution in [2.24, 2.45) is 0 Å². The molecule has 1 saturated heterocycles. The Bertz CT molecular complexity index is 963. The molecule has 1 unspecified atom stereocenters. The van der Waals surface area contributed by atoms with Crippen molar-refractivity contribution < 1.29 is 18.7 Å².